The summed E-state index contributed by atoms with van der Waals surface area (Å²) in [7, 11) is 0. The molecule has 6 heteroatoms. The van der Waals surface area contributed by atoms with Gasteiger partial charge in [-0.05, 0) is 12.1 Å². The molecular formula is C8H6F3N3. The molecule has 14 heavy (non-hydrogen) atoms. The first-order chi connectivity index (χ1) is 6.50. The van der Waals surface area contributed by atoms with Gasteiger partial charge in [0, 0.05) is 6.20 Å². The van der Waals surface area contributed by atoms with Crippen LogP contribution in [0.3, 0.4) is 0 Å². The zero-order valence-electron chi connectivity index (χ0n) is 6.92. The van der Waals surface area contributed by atoms with Gasteiger partial charge in [0.05, 0.1) is 5.52 Å². The number of imidazole rings is 1. The van der Waals surface area contributed by atoms with Gasteiger partial charge >= 0.3 is 6.18 Å². The monoisotopic (exact) mass is 201 g/mol. The molecule has 0 saturated heterocycles. The maximum Gasteiger partial charge on any atom is 0.450 e. The number of rotatable bonds is 0. The third-order valence-electron chi connectivity index (χ3n) is 1.83. The lowest BCUT2D eigenvalue weighted by Crippen LogP contribution is -2.10. The largest absolute Gasteiger partial charge is 0.450 e. The van der Waals surface area contributed by atoms with E-state index < -0.39 is 12.0 Å². The van der Waals surface area contributed by atoms with Crippen LogP contribution in [0.2, 0.25) is 0 Å². The van der Waals surface area contributed by atoms with E-state index in [9.17, 15) is 13.2 Å². The van der Waals surface area contributed by atoms with Crippen LogP contribution >= 0.6 is 0 Å². The van der Waals surface area contributed by atoms with Gasteiger partial charge in [-0.2, -0.15) is 13.2 Å². The van der Waals surface area contributed by atoms with Gasteiger partial charge in [0.2, 0.25) is 5.82 Å². The zero-order valence-corrected chi connectivity index (χ0v) is 6.92. The van der Waals surface area contributed by atoms with E-state index in [0.29, 0.717) is 0 Å². The Morgan fingerprint density at radius 3 is 2.64 bits per heavy atom. The molecule has 2 rings (SSSR count). The van der Waals surface area contributed by atoms with Crippen molar-refractivity contribution in [2.45, 2.75) is 6.18 Å². The van der Waals surface area contributed by atoms with Crippen molar-refractivity contribution in [1.29, 1.82) is 0 Å². The second kappa shape index (κ2) is 2.63. The number of anilines is 1. The smallest absolute Gasteiger partial charge is 0.382 e. The molecule has 74 valence electrons. The van der Waals surface area contributed by atoms with Crippen molar-refractivity contribution in [1.82, 2.24) is 9.38 Å². The van der Waals surface area contributed by atoms with Crippen LogP contribution in [0.25, 0.3) is 5.52 Å². The molecule has 0 bridgehead atoms. The van der Waals surface area contributed by atoms with Crippen molar-refractivity contribution in [3.63, 3.8) is 0 Å². The van der Waals surface area contributed by atoms with Crippen molar-refractivity contribution in [2.24, 2.45) is 0 Å². The van der Waals surface area contributed by atoms with Gasteiger partial charge in [-0.1, -0.05) is 6.07 Å². The van der Waals surface area contributed by atoms with Gasteiger partial charge in [-0.15, -0.1) is 0 Å². The van der Waals surface area contributed by atoms with Crippen LogP contribution < -0.4 is 5.73 Å². The second-order valence-corrected chi connectivity index (χ2v) is 2.77. The van der Waals surface area contributed by atoms with Gasteiger partial charge in [0.1, 0.15) is 5.82 Å². The summed E-state index contributed by atoms with van der Waals surface area (Å²) in [6.45, 7) is 0. The molecule has 0 aliphatic carbocycles. The van der Waals surface area contributed by atoms with Crippen LogP contribution in [0.5, 0.6) is 0 Å². The van der Waals surface area contributed by atoms with Crippen LogP contribution in [0.1, 0.15) is 5.82 Å². The highest BCUT2D eigenvalue weighted by Gasteiger charge is 2.36. The van der Waals surface area contributed by atoms with E-state index in [2.05, 4.69) is 4.98 Å². The minimum Gasteiger partial charge on any atom is -0.382 e. The lowest BCUT2D eigenvalue weighted by Gasteiger charge is -2.03. The SMILES string of the molecule is Nc1nc(C(F)(F)F)n2ccccc12. The van der Waals surface area contributed by atoms with E-state index in [-0.39, 0.29) is 11.3 Å². The van der Waals surface area contributed by atoms with Crippen LogP contribution in [-0.4, -0.2) is 9.38 Å². The van der Waals surface area contributed by atoms with Gasteiger partial charge in [-0.25, -0.2) is 4.98 Å². The van der Waals surface area contributed by atoms with E-state index in [1.165, 1.54) is 18.3 Å². The predicted octanol–water partition coefficient (Wildman–Crippen LogP) is 1.94. The quantitative estimate of drug-likeness (QED) is 0.707. The van der Waals surface area contributed by atoms with E-state index in [1.807, 2.05) is 0 Å². The molecule has 0 atom stereocenters. The Balaban J connectivity index is 2.80. The molecule has 2 aromatic heterocycles. The van der Waals surface area contributed by atoms with Gasteiger partial charge in [-0.3, -0.25) is 4.40 Å². The number of alkyl halides is 3. The first kappa shape index (κ1) is 8.86. The van der Waals surface area contributed by atoms with E-state index in [4.69, 9.17) is 5.73 Å². The molecule has 0 spiro atoms. The summed E-state index contributed by atoms with van der Waals surface area (Å²) in [6, 6.07) is 4.58. The Hall–Kier alpha value is -1.72. The number of nitrogen functional groups attached to an aromatic ring is 1. The third-order valence-corrected chi connectivity index (χ3v) is 1.83. The Bertz CT molecular complexity index is 472. The van der Waals surface area contributed by atoms with Crippen LogP contribution in [-0.2, 0) is 6.18 Å². The Morgan fingerprint density at radius 2 is 2.00 bits per heavy atom. The third kappa shape index (κ3) is 1.19. The van der Waals surface area contributed by atoms with Crippen molar-refractivity contribution in [3.8, 4) is 0 Å². The molecular weight excluding hydrogens is 195 g/mol. The molecule has 0 aliphatic rings. The average molecular weight is 201 g/mol. The highest BCUT2D eigenvalue weighted by molar-refractivity contribution is 5.66. The minimum absolute atomic E-state index is 0.113. The van der Waals surface area contributed by atoms with Crippen molar-refractivity contribution >= 4 is 11.3 Å². The van der Waals surface area contributed by atoms with Crippen LogP contribution in [0.15, 0.2) is 24.4 Å². The van der Waals surface area contributed by atoms with Crippen molar-refractivity contribution in [3.05, 3.63) is 30.2 Å². The van der Waals surface area contributed by atoms with E-state index in [1.54, 1.807) is 6.07 Å². The number of aromatic nitrogens is 2. The van der Waals surface area contributed by atoms with Gasteiger partial charge in [0.15, 0.2) is 0 Å². The summed E-state index contributed by atoms with van der Waals surface area (Å²) >= 11 is 0. The fourth-order valence-corrected chi connectivity index (χ4v) is 1.26. The topological polar surface area (TPSA) is 43.3 Å². The highest BCUT2D eigenvalue weighted by atomic mass is 19.4. The molecule has 2 aromatic rings. The standard InChI is InChI=1S/C8H6F3N3/c9-8(10,11)7-13-6(12)5-3-1-2-4-14(5)7/h1-4H,12H2. The second-order valence-electron chi connectivity index (χ2n) is 2.77. The predicted molar refractivity (Wildman–Crippen MR) is 44.6 cm³/mol. The first-order valence-corrected chi connectivity index (χ1v) is 3.80. The molecule has 0 saturated carbocycles. The van der Waals surface area contributed by atoms with E-state index in [0.717, 1.165) is 4.40 Å². The fraction of sp³-hybridized carbons (Fsp3) is 0.125. The molecule has 0 unspecified atom stereocenters. The zero-order chi connectivity index (χ0) is 10.3. The molecule has 2 heterocycles. The number of pyridine rings is 1. The highest BCUT2D eigenvalue weighted by Crippen LogP contribution is 2.30. The molecule has 2 N–H and O–H groups in total. The number of nitrogens with zero attached hydrogens (tertiary/aromatic N) is 2. The van der Waals surface area contributed by atoms with Gasteiger partial charge in [0.25, 0.3) is 0 Å². The summed E-state index contributed by atoms with van der Waals surface area (Å²) in [4.78, 5) is 3.28. The van der Waals surface area contributed by atoms with E-state index >= 15 is 0 Å². The Labute approximate surface area is 77.0 Å². The average Bonchev–Trinajstić information content (AvgIpc) is 2.44. The molecule has 0 aliphatic heterocycles. The summed E-state index contributed by atoms with van der Waals surface area (Å²) < 4.78 is 38.1. The number of halogens is 3. The fourth-order valence-electron chi connectivity index (χ4n) is 1.26. The van der Waals surface area contributed by atoms with Crippen molar-refractivity contribution < 1.29 is 13.2 Å². The molecule has 3 nitrogen and oxygen atoms in total. The molecule has 0 radical (unpaired) electrons. The Morgan fingerprint density at radius 1 is 1.29 bits per heavy atom. The minimum atomic E-state index is -4.48. The number of hydrogen-bond donors (Lipinski definition) is 1. The van der Waals surface area contributed by atoms with Gasteiger partial charge < -0.3 is 5.73 Å². The summed E-state index contributed by atoms with van der Waals surface area (Å²) in [6.07, 6.45) is -3.20. The van der Waals surface area contributed by atoms with Crippen LogP contribution in [0, 0.1) is 0 Å². The maximum atomic E-state index is 12.4. The summed E-state index contributed by atoms with van der Waals surface area (Å²) in [5, 5.41) is 0. The molecule has 0 amide bonds. The molecule has 0 fully saturated rings. The lowest BCUT2D eigenvalue weighted by atomic mass is 10.4. The number of fused-ring (bicyclic) bond motifs is 1. The normalized spacial score (nSPS) is 12.2. The van der Waals surface area contributed by atoms with Crippen LogP contribution in [0.4, 0.5) is 19.0 Å². The molecule has 0 aromatic carbocycles. The number of hydrogen-bond acceptors (Lipinski definition) is 2. The first-order valence-electron chi connectivity index (χ1n) is 3.80. The summed E-state index contributed by atoms with van der Waals surface area (Å²) in [5.41, 5.74) is 5.61. The van der Waals surface area contributed by atoms with Crippen molar-refractivity contribution in [2.75, 3.05) is 5.73 Å². The summed E-state index contributed by atoms with van der Waals surface area (Å²) in [5.74, 6) is -1.11. The lowest BCUT2D eigenvalue weighted by molar-refractivity contribution is -0.145. The number of nitrogens with two attached hydrogens (primary N) is 1. The Kier molecular flexibility index (Phi) is 1.67. The maximum absolute atomic E-state index is 12.4.